The summed E-state index contributed by atoms with van der Waals surface area (Å²) >= 11 is 0. The number of aliphatic carboxylic acids is 1. The third-order valence-corrected chi connectivity index (χ3v) is 5.24. The smallest absolute Gasteiger partial charge is 0.320 e. The van der Waals surface area contributed by atoms with Gasteiger partial charge in [0.05, 0.1) is 11.6 Å². The van der Waals surface area contributed by atoms with Crippen LogP contribution < -0.4 is 0 Å². The Kier molecular flexibility index (Phi) is 5.03. The third-order valence-electron chi connectivity index (χ3n) is 5.24. The number of likely N-dealkylation sites (tertiary alicyclic amines) is 1. The first-order valence-corrected chi connectivity index (χ1v) is 8.93. The van der Waals surface area contributed by atoms with Gasteiger partial charge in [0, 0.05) is 43.7 Å². The maximum absolute atomic E-state index is 12.9. The lowest BCUT2D eigenvalue weighted by atomic mass is 9.91. The summed E-state index contributed by atoms with van der Waals surface area (Å²) in [5.74, 6) is 0.336. The molecule has 0 aromatic carbocycles. The zero-order valence-electron chi connectivity index (χ0n) is 15.1. The number of rotatable bonds is 3. The summed E-state index contributed by atoms with van der Waals surface area (Å²) in [6, 6.07) is -0.478. The van der Waals surface area contributed by atoms with E-state index in [4.69, 9.17) is 0 Å². The van der Waals surface area contributed by atoms with E-state index < -0.39 is 12.0 Å². The molecular weight excluding hydrogens is 320 g/mol. The highest BCUT2D eigenvalue weighted by molar-refractivity contribution is 5.80. The molecule has 2 aliphatic rings. The molecule has 2 unspecified atom stereocenters. The number of nitrogens with zero attached hydrogens (tertiary/aromatic N) is 4. The molecule has 1 fully saturated rings. The number of hydrogen-bond acceptors (Lipinski definition) is 5. The predicted molar refractivity (Wildman–Crippen MR) is 92.0 cm³/mol. The van der Waals surface area contributed by atoms with Gasteiger partial charge in [0.2, 0.25) is 5.91 Å². The topological polar surface area (TPSA) is 86.6 Å². The molecule has 7 nitrogen and oxygen atoms in total. The summed E-state index contributed by atoms with van der Waals surface area (Å²) in [4.78, 5) is 36.8. The van der Waals surface area contributed by atoms with Crippen LogP contribution in [0.25, 0.3) is 0 Å². The van der Waals surface area contributed by atoms with Gasteiger partial charge in [-0.15, -0.1) is 0 Å². The second-order valence-electron chi connectivity index (χ2n) is 7.43. The summed E-state index contributed by atoms with van der Waals surface area (Å²) < 4.78 is 0. The zero-order chi connectivity index (χ0) is 18.1. The van der Waals surface area contributed by atoms with Crippen molar-refractivity contribution in [3.8, 4) is 0 Å². The van der Waals surface area contributed by atoms with Gasteiger partial charge in [-0.3, -0.25) is 14.5 Å². The van der Waals surface area contributed by atoms with E-state index in [0.29, 0.717) is 38.4 Å². The van der Waals surface area contributed by atoms with Crippen molar-refractivity contribution in [3.05, 3.63) is 23.3 Å². The van der Waals surface area contributed by atoms with Crippen molar-refractivity contribution in [1.82, 2.24) is 19.8 Å². The summed E-state index contributed by atoms with van der Waals surface area (Å²) in [5, 5.41) is 9.20. The quantitative estimate of drug-likeness (QED) is 0.887. The molecule has 2 aliphatic heterocycles. The lowest BCUT2D eigenvalue weighted by molar-refractivity contribution is -0.148. The molecule has 7 heteroatoms. The monoisotopic (exact) mass is 346 g/mol. The van der Waals surface area contributed by atoms with Crippen molar-refractivity contribution < 1.29 is 14.7 Å². The number of carboxylic acids is 1. The van der Waals surface area contributed by atoms with Crippen molar-refractivity contribution in [2.75, 3.05) is 20.1 Å². The lowest BCUT2D eigenvalue weighted by Crippen LogP contribution is -2.50. The first kappa shape index (κ1) is 17.8. The number of carbonyl (C=O) groups excluding carboxylic acids is 1. The van der Waals surface area contributed by atoms with Crippen LogP contribution in [0.5, 0.6) is 0 Å². The highest BCUT2D eigenvalue weighted by atomic mass is 16.4. The Morgan fingerprint density at radius 3 is 2.72 bits per heavy atom. The Labute approximate surface area is 148 Å². The molecule has 1 saturated heterocycles. The van der Waals surface area contributed by atoms with Crippen LogP contribution in [0.4, 0.5) is 0 Å². The minimum Gasteiger partial charge on any atom is -0.480 e. The van der Waals surface area contributed by atoms with Crippen molar-refractivity contribution in [2.45, 2.75) is 51.6 Å². The molecule has 3 heterocycles. The summed E-state index contributed by atoms with van der Waals surface area (Å²) in [5.41, 5.74) is 2.08. The molecule has 1 aromatic rings. The molecule has 0 bridgehead atoms. The van der Waals surface area contributed by atoms with Crippen molar-refractivity contribution in [2.24, 2.45) is 5.92 Å². The van der Waals surface area contributed by atoms with Crippen LogP contribution in [0, 0.1) is 5.92 Å². The number of likely N-dealkylation sites (N-methyl/N-ethyl adjacent to an activating group) is 1. The van der Waals surface area contributed by atoms with E-state index in [-0.39, 0.29) is 11.8 Å². The van der Waals surface area contributed by atoms with Crippen LogP contribution in [0.15, 0.2) is 6.20 Å². The number of hydrogen-bond donors (Lipinski definition) is 1. The van der Waals surface area contributed by atoms with Gasteiger partial charge in [-0.05, 0) is 19.9 Å². The van der Waals surface area contributed by atoms with Gasteiger partial charge >= 0.3 is 5.97 Å². The van der Waals surface area contributed by atoms with Crippen LogP contribution in [0.1, 0.15) is 49.7 Å². The highest BCUT2D eigenvalue weighted by Crippen LogP contribution is 2.26. The van der Waals surface area contributed by atoms with Crippen LogP contribution >= 0.6 is 0 Å². The normalized spacial score (nSPS) is 24.2. The fourth-order valence-corrected chi connectivity index (χ4v) is 3.72. The number of piperidine rings is 1. The molecule has 0 radical (unpaired) electrons. The number of carboxylic acid groups (broad SMARTS) is 1. The Hall–Kier alpha value is -2.02. The molecule has 1 amide bonds. The molecule has 136 valence electrons. The van der Waals surface area contributed by atoms with Crippen molar-refractivity contribution in [1.29, 1.82) is 0 Å². The molecule has 0 saturated carbocycles. The van der Waals surface area contributed by atoms with E-state index in [0.717, 1.165) is 23.5 Å². The van der Waals surface area contributed by atoms with Crippen LogP contribution in [-0.2, 0) is 22.6 Å². The average molecular weight is 346 g/mol. The van der Waals surface area contributed by atoms with Crippen molar-refractivity contribution >= 4 is 11.9 Å². The van der Waals surface area contributed by atoms with Gasteiger partial charge in [-0.1, -0.05) is 13.8 Å². The van der Waals surface area contributed by atoms with E-state index in [1.165, 1.54) is 0 Å². The van der Waals surface area contributed by atoms with Gasteiger partial charge in [0.25, 0.3) is 0 Å². The van der Waals surface area contributed by atoms with Crippen LogP contribution in [0.2, 0.25) is 0 Å². The van der Waals surface area contributed by atoms with E-state index in [9.17, 15) is 14.7 Å². The lowest BCUT2D eigenvalue weighted by Gasteiger charge is -2.37. The fourth-order valence-electron chi connectivity index (χ4n) is 3.72. The van der Waals surface area contributed by atoms with E-state index in [1.807, 2.05) is 11.1 Å². The highest BCUT2D eigenvalue weighted by Gasteiger charge is 2.36. The van der Waals surface area contributed by atoms with E-state index in [1.54, 1.807) is 11.9 Å². The standard InChI is InChI=1S/C18H26N4O3/c1-11(2)16-19-8-13-10-22(7-6-14(13)20-16)17(23)12-4-5-15(18(24)25)21(3)9-12/h8,11-12,15H,4-7,9-10H2,1-3H3,(H,24,25). The number of aromatic nitrogens is 2. The van der Waals surface area contributed by atoms with E-state index in [2.05, 4.69) is 23.8 Å². The molecule has 0 aliphatic carbocycles. The van der Waals surface area contributed by atoms with Gasteiger partial charge < -0.3 is 10.0 Å². The van der Waals surface area contributed by atoms with Gasteiger partial charge in [0.15, 0.2) is 0 Å². The zero-order valence-corrected chi connectivity index (χ0v) is 15.1. The summed E-state index contributed by atoms with van der Waals surface area (Å²) in [6.45, 7) is 5.87. The minimum absolute atomic E-state index is 0.120. The predicted octanol–water partition coefficient (Wildman–Crippen LogP) is 1.28. The van der Waals surface area contributed by atoms with Crippen LogP contribution in [-0.4, -0.2) is 62.9 Å². The molecule has 1 N–H and O–H groups in total. The van der Waals surface area contributed by atoms with Gasteiger partial charge in [-0.2, -0.15) is 0 Å². The maximum Gasteiger partial charge on any atom is 0.320 e. The minimum atomic E-state index is -0.807. The maximum atomic E-state index is 12.9. The summed E-state index contributed by atoms with van der Waals surface area (Å²) in [7, 11) is 1.78. The molecule has 1 aromatic heterocycles. The molecule has 0 spiro atoms. The first-order valence-electron chi connectivity index (χ1n) is 8.93. The second-order valence-corrected chi connectivity index (χ2v) is 7.43. The average Bonchev–Trinajstić information content (AvgIpc) is 2.59. The van der Waals surface area contributed by atoms with Crippen LogP contribution in [0.3, 0.4) is 0 Å². The Bertz CT molecular complexity index is 676. The van der Waals surface area contributed by atoms with E-state index >= 15 is 0 Å². The Morgan fingerprint density at radius 1 is 1.32 bits per heavy atom. The number of amides is 1. The molecule has 25 heavy (non-hydrogen) atoms. The Morgan fingerprint density at radius 2 is 2.08 bits per heavy atom. The molecule has 3 rings (SSSR count). The van der Waals surface area contributed by atoms with Crippen molar-refractivity contribution in [3.63, 3.8) is 0 Å². The molecule has 2 atom stereocenters. The van der Waals surface area contributed by atoms with Gasteiger partial charge in [-0.25, -0.2) is 9.97 Å². The fraction of sp³-hybridized carbons (Fsp3) is 0.667. The third kappa shape index (κ3) is 3.66. The molecular formula is C18H26N4O3. The largest absolute Gasteiger partial charge is 0.480 e. The Balaban J connectivity index is 1.66. The SMILES string of the molecule is CC(C)c1ncc2c(n1)CCN(C(=O)C1CCC(C(=O)O)N(C)C1)C2. The number of carbonyl (C=O) groups is 2. The second kappa shape index (κ2) is 7.07. The first-order chi connectivity index (χ1) is 11.9. The van der Waals surface area contributed by atoms with Gasteiger partial charge in [0.1, 0.15) is 11.9 Å². The summed E-state index contributed by atoms with van der Waals surface area (Å²) in [6.07, 6.45) is 3.76. The number of fused-ring (bicyclic) bond motifs is 1.